The fraction of sp³-hybridized carbons (Fsp3) is 0.125. The van der Waals surface area contributed by atoms with Crippen molar-refractivity contribution < 1.29 is 4.39 Å². The van der Waals surface area contributed by atoms with Gasteiger partial charge in [0.2, 0.25) is 0 Å². The molecule has 2 nitrogen and oxygen atoms in total. The van der Waals surface area contributed by atoms with E-state index in [1.54, 1.807) is 12.3 Å². The largest absolute Gasteiger partial charge is 0.363 e. The molecule has 0 N–H and O–H groups in total. The Kier molecular flexibility index (Phi) is 4.84. The molecule has 0 spiro atoms. The molecular formula is C24H21FN2. The lowest BCUT2D eigenvalue weighted by molar-refractivity contribution is 0.637. The van der Waals surface area contributed by atoms with Gasteiger partial charge in [0.1, 0.15) is 5.82 Å². The number of hydrogen-bond donors (Lipinski definition) is 0. The molecular weight excluding hydrogens is 335 g/mol. The van der Waals surface area contributed by atoms with Gasteiger partial charge in [-0.2, -0.15) is 0 Å². The SMILES string of the molecule is Cc1nccc2cc(N(Cc3ccccc3)Cc3ccccc3)cc(F)c12. The number of pyridine rings is 1. The number of hydrogen-bond acceptors (Lipinski definition) is 2. The van der Waals surface area contributed by atoms with E-state index in [9.17, 15) is 4.39 Å². The molecule has 0 aliphatic carbocycles. The molecule has 0 bridgehead atoms. The Morgan fingerprint density at radius 3 is 2.00 bits per heavy atom. The predicted molar refractivity (Wildman–Crippen MR) is 109 cm³/mol. The fourth-order valence-corrected chi connectivity index (χ4v) is 3.45. The summed E-state index contributed by atoms with van der Waals surface area (Å²) in [4.78, 5) is 6.44. The molecule has 3 heteroatoms. The molecule has 0 aliphatic heterocycles. The molecule has 27 heavy (non-hydrogen) atoms. The number of halogens is 1. The Morgan fingerprint density at radius 1 is 0.815 bits per heavy atom. The van der Waals surface area contributed by atoms with Gasteiger partial charge in [0.05, 0.1) is 0 Å². The second kappa shape index (κ2) is 7.58. The fourth-order valence-electron chi connectivity index (χ4n) is 3.45. The highest BCUT2D eigenvalue weighted by Crippen LogP contribution is 2.29. The van der Waals surface area contributed by atoms with Crippen LogP contribution in [0.5, 0.6) is 0 Å². The molecule has 0 fully saturated rings. The summed E-state index contributed by atoms with van der Waals surface area (Å²) >= 11 is 0. The molecule has 0 atom stereocenters. The molecule has 0 unspecified atom stereocenters. The van der Waals surface area contributed by atoms with Crippen LogP contribution in [-0.4, -0.2) is 4.98 Å². The van der Waals surface area contributed by atoms with Crippen LogP contribution >= 0.6 is 0 Å². The number of anilines is 1. The molecule has 0 saturated heterocycles. The van der Waals surface area contributed by atoms with E-state index in [1.807, 2.05) is 49.4 Å². The summed E-state index contributed by atoms with van der Waals surface area (Å²) in [6.07, 6.45) is 1.74. The molecule has 0 radical (unpaired) electrons. The number of fused-ring (bicyclic) bond motifs is 1. The summed E-state index contributed by atoms with van der Waals surface area (Å²) in [6, 6.07) is 26.1. The third kappa shape index (κ3) is 3.82. The first kappa shape index (κ1) is 17.2. The highest BCUT2D eigenvalue weighted by Gasteiger charge is 2.13. The Hall–Kier alpha value is -3.20. The quantitative estimate of drug-likeness (QED) is 0.443. The molecule has 3 aromatic carbocycles. The minimum Gasteiger partial charge on any atom is -0.363 e. The zero-order valence-corrected chi connectivity index (χ0v) is 15.3. The number of benzene rings is 3. The Morgan fingerprint density at radius 2 is 1.41 bits per heavy atom. The van der Waals surface area contributed by atoms with Crippen molar-refractivity contribution in [1.29, 1.82) is 0 Å². The van der Waals surface area contributed by atoms with Gasteiger partial charge in [0.15, 0.2) is 0 Å². The molecule has 1 aromatic heterocycles. The summed E-state index contributed by atoms with van der Waals surface area (Å²) in [5.41, 5.74) is 3.98. The second-order valence-corrected chi connectivity index (χ2v) is 6.75. The van der Waals surface area contributed by atoms with Crippen molar-refractivity contribution in [3.05, 3.63) is 108 Å². The Labute approximate surface area is 158 Å². The Balaban J connectivity index is 1.76. The summed E-state index contributed by atoms with van der Waals surface area (Å²) < 4.78 is 14.9. The number of nitrogens with zero attached hydrogens (tertiary/aromatic N) is 2. The second-order valence-electron chi connectivity index (χ2n) is 6.75. The summed E-state index contributed by atoms with van der Waals surface area (Å²) in [5.74, 6) is -0.223. The van der Waals surface area contributed by atoms with Crippen LogP contribution in [0.2, 0.25) is 0 Å². The molecule has 134 valence electrons. The summed E-state index contributed by atoms with van der Waals surface area (Å²) in [5, 5.41) is 1.48. The van der Waals surface area contributed by atoms with Crippen molar-refractivity contribution in [2.24, 2.45) is 0 Å². The van der Waals surface area contributed by atoms with E-state index in [4.69, 9.17) is 0 Å². The number of aryl methyl sites for hydroxylation is 1. The smallest absolute Gasteiger partial charge is 0.134 e. The standard InChI is InChI=1S/C24H21FN2/c1-18-24-21(12-13-26-18)14-22(15-23(24)25)27(16-19-8-4-2-5-9-19)17-20-10-6-3-7-11-20/h2-15H,16-17H2,1H3. The molecule has 0 aliphatic rings. The van der Waals surface area contributed by atoms with Crippen molar-refractivity contribution in [3.8, 4) is 0 Å². The summed E-state index contributed by atoms with van der Waals surface area (Å²) in [7, 11) is 0. The van der Waals surface area contributed by atoms with Gasteiger partial charge in [0.25, 0.3) is 0 Å². The van der Waals surface area contributed by atoms with E-state index in [1.165, 1.54) is 11.1 Å². The van der Waals surface area contributed by atoms with E-state index < -0.39 is 0 Å². The minimum absolute atomic E-state index is 0.223. The van der Waals surface area contributed by atoms with Crippen LogP contribution < -0.4 is 4.90 Å². The van der Waals surface area contributed by atoms with Crippen LogP contribution in [0.15, 0.2) is 85.1 Å². The molecule has 0 amide bonds. The van der Waals surface area contributed by atoms with Crippen molar-refractivity contribution in [1.82, 2.24) is 4.98 Å². The number of aromatic nitrogens is 1. The first-order chi connectivity index (χ1) is 13.2. The van der Waals surface area contributed by atoms with E-state index in [2.05, 4.69) is 40.2 Å². The molecule has 0 saturated carbocycles. The van der Waals surface area contributed by atoms with Gasteiger partial charge in [-0.15, -0.1) is 0 Å². The van der Waals surface area contributed by atoms with E-state index in [0.717, 1.165) is 11.1 Å². The van der Waals surface area contributed by atoms with Crippen molar-refractivity contribution >= 4 is 16.5 Å². The maximum Gasteiger partial charge on any atom is 0.134 e. The van der Waals surface area contributed by atoms with Crippen LogP contribution in [-0.2, 0) is 13.1 Å². The van der Waals surface area contributed by atoms with Gasteiger partial charge in [0, 0.05) is 36.1 Å². The average molecular weight is 356 g/mol. The lowest BCUT2D eigenvalue weighted by atomic mass is 10.1. The van der Waals surface area contributed by atoms with Crippen LogP contribution in [0.3, 0.4) is 0 Å². The van der Waals surface area contributed by atoms with Crippen LogP contribution in [0.25, 0.3) is 10.8 Å². The molecule has 1 heterocycles. The monoisotopic (exact) mass is 356 g/mol. The normalized spacial score (nSPS) is 10.9. The third-order valence-corrected chi connectivity index (χ3v) is 4.79. The zero-order chi connectivity index (χ0) is 18.6. The van der Waals surface area contributed by atoms with Gasteiger partial charge in [-0.05, 0) is 41.6 Å². The first-order valence-electron chi connectivity index (χ1n) is 9.08. The lowest BCUT2D eigenvalue weighted by Crippen LogP contribution is -2.22. The van der Waals surface area contributed by atoms with E-state index >= 15 is 0 Å². The maximum atomic E-state index is 14.9. The van der Waals surface area contributed by atoms with Gasteiger partial charge in [-0.1, -0.05) is 60.7 Å². The van der Waals surface area contributed by atoms with Crippen LogP contribution in [0.4, 0.5) is 10.1 Å². The van der Waals surface area contributed by atoms with Crippen LogP contribution in [0.1, 0.15) is 16.8 Å². The highest BCUT2D eigenvalue weighted by atomic mass is 19.1. The molecule has 4 aromatic rings. The molecule has 4 rings (SSSR count). The third-order valence-electron chi connectivity index (χ3n) is 4.79. The summed E-state index contributed by atoms with van der Waals surface area (Å²) in [6.45, 7) is 3.27. The van der Waals surface area contributed by atoms with Crippen molar-refractivity contribution in [2.45, 2.75) is 20.0 Å². The lowest BCUT2D eigenvalue weighted by Gasteiger charge is -2.26. The Bertz CT molecular complexity index is 1000. The van der Waals surface area contributed by atoms with Gasteiger partial charge >= 0.3 is 0 Å². The van der Waals surface area contributed by atoms with E-state index in [0.29, 0.717) is 24.2 Å². The zero-order valence-electron chi connectivity index (χ0n) is 15.3. The van der Waals surface area contributed by atoms with Crippen molar-refractivity contribution in [3.63, 3.8) is 0 Å². The van der Waals surface area contributed by atoms with Gasteiger partial charge in [-0.3, -0.25) is 4.98 Å². The van der Waals surface area contributed by atoms with Crippen molar-refractivity contribution in [2.75, 3.05) is 4.90 Å². The van der Waals surface area contributed by atoms with Crippen LogP contribution in [0, 0.1) is 12.7 Å². The highest BCUT2D eigenvalue weighted by molar-refractivity contribution is 5.88. The average Bonchev–Trinajstić information content (AvgIpc) is 2.69. The number of rotatable bonds is 5. The maximum absolute atomic E-state index is 14.9. The van der Waals surface area contributed by atoms with Gasteiger partial charge < -0.3 is 4.90 Å². The predicted octanol–water partition coefficient (Wildman–Crippen LogP) is 5.89. The van der Waals surface area contributed by atoms with Gasteiger partial charge in [-0.25, -0.2) is 4.39 Å². The minimum atomic E-state index is -0.223. The van der Waals surface area contributed by atoms with E-state index in [-0.39, 0.29) is 5.82 Å². The topological polar surface area (TPSA) is 16.1 Å². The first-order valence-corrected chi connectivity index (χ1v) is 9.08.